The van der Waals surface area contributed by atoms with Crippen molar-refractivity contribution in [1.82, 2.24) is 0 Å². The number of rotatable bonds is 10. The Morgan fingerprint density at radius 2 is 1.73 bits per heavy atom. The molecule has 0 rings (SSSR count). The quantitative estimate of drug-likeness (QED) is 0.376. The van der Waals surface area contributed by atoms with Crippen molar-refractivity contribution < 1.29 is 4.74 Å². The number of hydrogen-bond donors (Lipinski definition) is 0. The van der Waals surface area contributed by atoms with Crippen molar-refractivity contribution in [3.8, 4) is 0 Å². The first kappa shape index (κ1) is 14.7. The largest absolute Gasteiger partial charge is 0.379 e. The Morgan fingerprint density at radius 1 is 1.07 bits per heavy atom. The summed E-state index contributed by atoms with van der Waals surface area (Å²) >= 11 is 0. The highest BCUT2D eigenvalue weighted by Crippen LogP contribution is 2.10. The molecule has 15 heavy (non-hydrogen) atoms. The summed E-state index contributed by atoms with van der Waals surface area (Å²) in [4.78, 5) is 0. The average Bonchev–Trinajstić information content (AvgIpc) is 2.22. The summed E-state index contributed by atoms with van der Waals surface area (Å²) in [5.41, 5.74) is 0. The molecule has 1 nitrogen and oxygen atoms in total. The Hall–Kier alpha value is -0.300. The fraction of sp³-hybridized carbons (Fsp3) is 0.857. The SMILES string of the molecule is C/C=C/CCCCCCCC(C)OCC. The Labute approximate surface area is 95.9 Å². The topological polar surface area (TPSA) is 9.23 Å². The van der Waals surface area contributed by atoms with E-state index in [2.05, 4.69) is 32.9 Å². The van der Waals surface area contributed by atoms with E-state index in [4.69, 9.17) is 4.74 Å². The van der Waals surface area contributed by atoms with Crippen LogP contribution in [0.2, 0.25) is 0 Å². The third-order valence-corrected chi connectivity index (χ3v) is 2.67. The van der Waals surface area contributed by atoms with Crippen LogP contribution in [0.5, 0.6) is 0 Å². The van der Waals surface area contributed by atoms with Gasteiger partial charge in [0.25, 0.3) is 0 Å². The van der Waals surface area contributed by atoms with Crippen molar-refractivity contribution in [2.45, 2.75) is 71.8 Å². The molecular weight excluding hydrogens is 184 g/mol. The summed E-state index contributed by atoms with van der Waals surface area (Å²) in [5.74, 6) is 0. The first-order valence-electron chi connectivity index (χ1n) is 6.54. The van der Waals surface area contributed by atoms with E-state index in [-0.39, 0.29) is 0 Å². The monoisotopic (exact) mass is 212 g/mol. The van der Waals surface area contributed by atoms with Crippen molar-refractivity contribution in [3.63, 3.8) is 0 Å². The van der Waals surface area contributed by atoms with Gasteiger partial charge in [0.2, 0.25) is 0 Å². The van der Waals surface area contributed by atoms with E-state index in [9.17, 15) is 0 Å². The van der Waals surface area contributed by atoms with Crippen LogP contribution in [0.25, 0.3) is 0 Å². The van der Waals surface area contributed by atoms with Crippen LogP contribution in [0.1, 0.15) is 65.7 Å². The molecule has 0 fully saturated rings. The van der Waals surface area contributed by atoms with Gasteiger partial charge >= 0.3 is 0 Å². The van der Waals surface area contributed by atoms with Crippen LogP contribution in [0.4, 0.5) is 0 Å². The molecule has 1 atom stereocenters. The maximum absolute atomic E-state index is 5.49. The summed E-state index contributed by atoms with van der Waals surface area (Å²) in [6.45, 7) is 7.19. The molecule has 1 heteroatoms. The Morgan fingerprint density at radius 3 is 2.40 bits per heavy atom. The molecule has 0 aliphatic heterocycles. The molecule has 0 saturated carbocycles. The van der Waals surface area contributed by atoms with Gasteiger partial charge in [-0.15, -0.1) is 0 Å². The third-order valence-electron chi connectivity index (χ3n) is 2.67. The fourth-order valence-corrected chi connectivity index (χ4v) is 1.76. The van der Waals surface area contributed by atoms with Crippen LogP contribution < -0.4 is 0 Å². The summed E-state index contributed by atoms with van der Waals surface area (Å²) < 4.78 is 5.49. The maximum Gasteiger partial charge on any atom is 0.0546 e. The van der Waals surface area contributed by atoms with Crippen LogP contribution in [-0.4, -0.2) is 12.7 Å². The summed E-state index contributed by atoms with van der Waals surface area (Å²) in [7, 11) is 0. The van der Waals surface area contributed by atoms with Gasteiger partial charge in [-0.3, -0.25) is 0 Å². The maximum atomic E-state index is 5.49. The molecule has 0 saturated heterocycles. The lowest BCUT2D eigenvalue weighted by atomic mass is 10.1. The number of unbranched alkanes of at least 4 members (excludes halogenated alkanes) is 5. The van der Waals surface area contributed by atoms with E-state index in [1.54, 1.807) is 0 Å². The molecular formula is C14H28O. The number of ether oxygens (including phenoxy) is 1. The highest BCUT2D eigenvalue weighted by molar-refractivity contribution is 4.76. The second-order valence-corrected chi connectivity index (χ2v) is 4.18. The first-order chi connectivity index (χ1) is 7.31. The number of allylic oxidation sites excluding steroid dienone is 2. The van der Waals surface area contributed by atoms with Gasteiger partial charge in [-0.05, 0) is 40.0 Å². The lowest BCUT2D eigenvalue weighted by Crippen LogP contribution is -2.07. The van der Waals surface area contributed by atoms with E-state index < -0.39 is 0 Å². The van der Waals surface area contributed by atoms with Crippen LogP contribution in [0, 0.1) is 0 Å². The molecule has 0 aromatic rings. The lowest BCUT2D eigenvalue weighted by molar-refractivity contribution is 0.0684. The zero-order valence-electron chi connectivity index (χ0n) is 10.8. The Kier molecular flexibility index (Phi) is 11.5. The summed E-state index contributed by atoms with van der Waals surface area (Å²) in [6.07, 6.45) is 14.2. The second kappa shape index (κ2) is 11.8. The molecule has 0 aliphatic rings. The predicted molar refractivity (Wildman–Crippen MR) is 68.2 cm³/mol. The molecule has 0 bridgehead atoms. The van der Waals surface area contributed by atoms with Gasteiger partial charge in [-0.25, -0.2) is 0 Å². The van der Waals surface area contributed by atoms with Crippen molar-refractivity contribution in [2.75, 3.05) is 6.61 Å². The van der Waals surface area contributed by atoms with E-state index in [1.807, 2.05) is 0 Å². The molecule has 0 aromatic heterocycles. The first-order valence-corrected chi connectivity index (χ1v) is 6.54. The zero-order valence-corrected chi connectivity index (χ0v) is 10.8. The van der Waals surface area contributed by atoms with E-state index in [0.29, 0.717) is 6.10 Å². The molecule has 0 aromatic carbocycles. The van der Waals surface area contributed by atoms with Crippen LogP contribution >= 0.6 is 0 Å². The van der Waals surface area contributed by atoms with Gasteiger partial charge in [-0.2, -0.15) is 0 Å². The van der Waals surface area contributed by atoms with Gasteiger partial charge in [0.1, 0.15) is 0 Å². The zero-order chi connectivity index (χ0) is 11.4. The Balaban J connectivity index is 3.04. The van der Waals surface area contributed by atoms with E-state index >= 15 is 0 Å². The van der Waals surface area contributed by atoms with E-state index in [0.717, 1.165) is 6.61 Å². The molecule has 0 aliphatic carbocycles. The van der Waals surface area contributed by atoms with Crippen molar-refractivity contribution in [3.05, 3.63) is 12.2 Å². The predicted octanol–water partition coefficient (Wildman–Crippen LogP) is 4.72. The molecule has 0 radical (unpaired) electrons. The van der Waals surface area contributed by atoms with Gasteiger partial charge in [-0.1, -0.05) is 37.8 Å². The second-order valence-electron chi connectivity index (χ2n) is 4.18. The van der Waals surface area contributed by atoms with Gasteiger partial charge in [0.05, 0.1) is 6.10 Å². The molecule has 0 amide bonds. The smallest absolute Gasteiger partial charge is 0.0546 e. The molecule has 0 N–H and O–H groups in total. The highest BCUT2D eigenvalue weighted by atomic mass is 16.5. The van der Waals surface area contributed by atoms with Gasteiger partial charge in [0.15, 0.2) is 0 Å². The Bertz CT molecular complexity index is 140. The van der Waals surface area contributed by atoms with Crippen LogP contribution in [0.15, 0.2) is 12.2 Å². The lowest BCUT2D eigenvalue weighted by Gasteiger charge is -2.10. The number of hydrogen-bond acceptors (Lipinski definition) is 1. The van der Waals surface area contributed by atoms with Crippen molar-refractivity contribution in [2.24, 2.45) is 0 Å². The standard InChI is InChI=1S/C14H28O/c1-4-6-7-8-9-10-11-12-13-14(3)15-5-2/h4,6,14H,5,7-13H2,1-3H3/b6-4+. The summed E-state index contributed by atoms with van der Waals surface area (Å²) in [5, 5.41) is 0. The minimum atomic E-state index is 0.457. The minimum absolute atomic E-state index is 0.457. The minimum Gasteiger partial charge on any atom is -0.379 e. The summed E-state index contributed by atoms with van der Waals surface area (Å²) in [6, 6.07) is 0. The van der Waals surface area contributed by atoms with E-state index in [1.165, 1.54) is 44.9 Å². The molecule has 1 unspecified atom stereocenters. The normalized spacial score (nSPS) is 13.5. The van der Waals surface area contributed by atoms with Crippen molar-refractivity contribution in [1.29, 1.82) is 0 Å². The van der Waals surface area contributed by atoms with Gasteiger partial charge < -0.3 is 4.74 Å². The fourth-order valence-electron chi connectivity index (χ4n) is 1.76. The molecule has 0 heterocycles. The molecule has 90 valence electrons. The highest BCUT2D eigenvalue weighted by Gasteiger charge is 1.99. The van der Waals surface area contributed by atoms with Gasteiger partial charge in [0, 0.05) is 6.61 Å². The van der Waals surface area contributed by atoms with Crippen LogP contribution in [0.3, 0.4) is 0 Å². The average molecular weight is 212 g/mol. The third kappa shape index (κ3) is 11.6. The van der Waals surface area contributed by atoms with Crippen molar-refractivity contribution >= 4 is 0 Å². The molecule has 0 spiro atoms. The van der Waals surface area contributed by atoms with Crippen LogP contribution in [-0.2, 0) is 4.74 Å².